The Kier molecular flexibility index (Phi) is 5.30. The van der Waals surface area contributed by atoms with Crippen LogP contribution >= 0.6 is 0 Å². The Labute approximate surface area is 107 Å². The van der Waals surface area contributed by atoms with Crippen LogP contribution in [0.5, 0.6) is 0 Å². The van der Waals surface area contributed by atoms with E-state index in [1.807, 2.05) is 0 Å². The van der Waals surface area contributed by atoms with Gasteiger partial charge in [-0.2, -0.15) is 0 Å². The fraction of sp³-hybridized carbons (Fsp3) is 1.00. The van der Waals surface area contributed by atoms with Crippen molar-refractivity contribution in [3.8, 4) is 0 Å². The van der Waals surface area contributed by atoms with E-state index in [9.17, 15) is 0 Å². The van der Waals surface area contributed by atoms with Crippen LogP contribution in [0.3, 0.4) is 0 Å². The fourth-order valence-electron chi connectivity index (χ4n) is 3.31. The summed E-state index contributed by atoms with van der Waals surface area (Å²) in [5, 5.41) is 0. The van der Waals surface area contributed by atoms with Crippen LogP contribution < -0.4 is 0 Å². The standard InChI is InChI=1S/C15H30N2/c1-14(2)17-12-7-15(8-13-17)6-11-16-9-4-3-5-10-16/h14-15H,3-13H2,1-2H3. The molecule has 2 heterocycles. The maximum absolute atomic E-state index is 2.69. The lowest BCUT2D eigenvalue weighted by atomic mass is 9.92. The molecule has 100 valence electrons. The topological polar surface area (TPSA) is 6.48 Å². The molecule has 2 heteroatoms. The highest BCUT2D eigenvalue weighted by Crippen LogP contribution is 2.22. The molecule has 0 amide bonds. The molecule has 0 aromatic carbocycles. The van der Waals surface area contributed by atoms with Gasteiger partial charge >= 0.3 is 0 Å². The smallest absolute Gasteiger partial charge is 0.00385 e. The van der Waals surface area contributed by atoms with E-state index < -0.39 is 0 Å². The molecule has 0 aromatic rings. The highest BCUT2D eigenvalue weighted by atomic mass is 15.2. The molecule has 0 aliphatic carbocycles. The first-order valence-corrected chi connectivity index (χ1v) is 7.72. The summed E-state index contributed by atoms with van der Waals surface area (Å²) in [4.78, 5) is 5.33. The van der Waals surface area contributed by atoms with Gasteiger partial charge in [-0.15, -0.1) is 0 Å². The third-order valence-corrected chi connectivity index (χ3v) is 4.68. The van der Waals surface area contributed by atoms with Crippen molar-refractivity contribution in [2.45, 2.75) is 58.4 Å². The fourth-order valence-corrected chi connectivity index (χ4v) is 3.31. The summed E-state index contributed by atoms with van der Waals surface area (Å²) < 4.78 is 0. The molecule has 2 aliphatic heterocycles. The molecular formula is C15H30N2. The number of piperidine rings is 2. The summed E-state index contributed by atoms with van der Waals surface area (Å²) in [7, 11) is 0. The van der Waals surface area contributed by atoms with Gasteiger partial charge in [0.2, 0.25) is 0 Å². The number of rotatable bonds is 4. The van der Waals surface area contributed by atoms with Crippen LogP contribution in [0.4, 0.5) is 0 Å². The van der Waals surface area contributed by atoms with Gasteiger partial charge < -0.3 is 9.80 Å². The van der Waals surface area contributed by atoms with Crippen molar-refractivity contribution in [3.05, 3.63) is 0 Å². The predicted molar refractivity (Wildman–Crippen MR) is 74.3 cm³/mol. The molecule has 0 aromatic heterocycles. The zero-order valence-corrected chi connectivity index (χ0v) is 11.8. The first-order chi connectivity index (χ1) is 8.25. The Morgan fingerprint density at radius 2 is 1.59 bits per heavy atom. The molecule has 2 nitrogen and oxygen atoms in total. The van der Waals surface area contributed by atoms with Gasteiger partial charge in [0.25, 0.3) is 0 Å². The predicted octanol–water partition coefficient (Wildman–Crippen LogP) is 2.98. The zero-order chi connectivity index (χ0) is 12.1. The first-order valence-electron chi connectivity index (χ1n) is 7.72. The van der Waals surface area contributed by atoms with Gasteiger partial charge in [0, 0.05) is 6.04 Å². The summed E-state index contributed by atoms with van der Waals surface area (Å²) in [6.45, 7) is 11.4. The maximum atomic E-state index is 2.69. The summed E-state index contributed by atoms with van der Waals surface area (Å²) >= 11 is 0. The van der Waals surface area contributed by atoms with E-state index in [4.69, 9.17) is 0 Å². The Balaban J connectivity index is 1.61. The van der Waals surface area contributed by atoms with Crippen LogP contribution in [0.25, 0.3) is 0 Å². The van der Waals surface area contributed by atoms with Crippen LogP contribution in [-0.2, 0) is 0 Å². The summed E-state index contributed by atoms with van der Waals surface area (Å²) in [6, 6.07) is 0.748. The molecule has 2 fully saturated rings. The maximum Gasteiger partial charge on any atom is 0.00385 e. The number of hydrogen-bond donors (Lipinski definition) is 0. The van der Waals surface area contributed by atoms with Gasteiger partial charge in [-0.3, -0.25) is 0 Å². The van der Waals surface area contributed by atoms with Gasteiger partial charge in [0.15, 0.2) is 0 Å². The Morgan fingerprint density at radius 1 is 0.941 bits per heavy atom. The molecule has 0 bridgehead atoms. The Hall–Kier alpha value is -0.0800. The molecule has 0 spiro atoms. The van der Waals surface area contributed by atoms with Crippen molar-refractivity contribution >= 4 is 0 Å². The lowest BCUT2D eigenvalue weighted by molar-refractivity contribution is 0.132. The van der Waals surface area contributed by atoms with Gasteiger partial charge in [0.05, 0.1) is 0 Å². The Morgan fingerprint density at radius 3 is 2.18 bits per heavy atom. The average molecular weight is 238 g/mol. The van der Waals surface area contributed by atoms with E-state index in [-0.39, 0.29) is 0 Å². The molecule has 0 unspecified atom stereocenters. The van der Waals surface area contributed by atoms with Crippen molar-refractivity contribution in [2.24, 2.45) is 5.92 Å². The van der Waals surface area contributed by atoms with Crippen LogP contribution in [0.2, 0.25) is 0 Å². The molecule has 2 saturated heterocycles. The second-order valence-corrected chi connectivity index (χ2v) is 6.26. The van der Waals surface area contributed by atoms with Crippen LogP contribution in [0.1, 0.15) is 52.4 Å². The second kappa shape index (κ2) is 6.75. The van der Waals surface area contributed by atoms with E-state index in [0.29, 0.717) is 0 Å². The first kappa shape index (κ1) is 13.4. The van der Waals surface area contributed by atoms with E-state index >= 15 is 0 Å². The van der Waals surface area contributed by atoms with Crippen molar-refractivity contribution in [3.63, 3.8) is 0 Å². The number of hydrogen-bond acceptors (Lipinski definition) is 2. The molecule has 0 radical (unpaired) electrons. The Bertz CT molecular complexity index is 201. The minimum absolute atomic E-state index is 0.748. The van der Waals surface area contributed by atoms with Crippen molar-refractivity contribution in [1.29, 1.82) is 0 Å². The third kappa shape index (κ3) is 4.26. The highest BCUT2D eigenvalue weighted by molar-refractivity contribution is 4.76. The highest BCUT2D eigenvalue weighted by Gasteiger charge is 2.21. The van der Waals surface area contributed by atoms with Crippen molar-refractivity contribution in [2.75, 3.05) is 32.7 Å². The lowest BCUT2D eigenvalue weighted by Gasteiger charge is -2.35. The largest absolute Gasteiger partial charge is 0.303 e. The van der Waals surface area contributed by atoms with E-state index in [1.165, 1.54) is 71.2 Å². The van der Waals surface area contributed by atoms with Crippen molar-refractivity contribution in [1.82, 2.24) is 9.80 Å². The molecule has 0 saturated carbocycles. The SMILES string of the molecule is CC(C)N1CCC(CCN2CCCCC2)CC1. The van der Waals surface area contributed by atoms with Gasteiger partial charge in [-0.05, 0) is 84.6 Å². The van der Waals surface area contributed by atoms with Gasteiger partial charge in [-0.25, -0.2) is 0 Å². The molecule has 2 rings (SSSR count). The van der Waals surface area contributed by atoms with Gasteiger partial charge in [-0.1, -0.05) is 6.42 Å². The minimum Gasteiger partial charge on any atom is -0.303 e. The summed E-state index contributed by atoms with van der Waals surface area (Å²) in [5.41, 5.74) is 0. The van der Waals surface area contributed by atoms with Crippen LogP contribution in [0, 0.1) is 5.92 Å². The average Bonchev–Trinajstić information content (AvgIpc) is 2.38. The number of likely N-dealkylation sites (tertiary alicyclic amines) is 2. The number of nitrogens with zero attached hydrogens (tertiary/aromatic N) is 2. The monoisotopic (exact) mass is 238 g/mol. The lowest BCUT2D eigenvalue weighted by Crippen LogP contribution is -2.39. The second-order valence-electron chi connectivity index (χ2n) is 6.26. The van der Waals surface area contributed by atoms with Gasteiger partial charge in [0.1, 0.15) is 0 Å². The third-order valence-electron chi connectivity index (χ3n) is 4.68. The zero-order valence-electron chi connectivity index (χ0n) is 11.8. The van der Waals surface area contributed by atoms with E-state index in [1.54, 1.807) is 0 Å². The molecule has 0 atom stereocenters. The molecular weight excluding hydrogens is 208 g/mol. The quantitative estimate of drug-likeness (QED) is 0.743. The summed E-state index contributed by atoms with van der Waals surface area (Å²) in [6.07, 6.45) is 8.66. The molecule has 2 aliphatic rings. The van der Waals surface area contributed by atoms with E-state index in [0.717, 1.165) is 12.0 Å². The molecule has 0 N–H and O–H groups in total. The summed E-state index contributed by atoms with van der Waals surface area (Å²) in [5.74, 6) is 1.01. The minimum atomic E-state index is 0.748. The molecule has 17 heavy (non-hydrogen) atoms. The van der Waals surface area contributed by atoms with Crippen LogP contribution in [-0.4, -0.2) is 48.6 Å². The van der Waals surface area contributed by atoms with E-state index in [2.05, 4.69) is 23.6 Å². The van der Waals surface area contributed by atoms with Crippen molar-refractivity contribution < 1.29 is 0 Å². The normalized spacial score (nSPS) is 25.6. The van der Waals surface area contributed by atoms with Crippen LogP contribution in [0.15, 0.2) is 0 Å².